The van der Waals surface area contributed by atoms with Crippen molar-refractivity contribution < 1.29 is 5.11 Å². The molecule has 3 N–H and O–H groups in total. The summed E-state index contributed by atoms with van der Waals surface area (Å²) in [6, 6.07) is 9.81. The minimum Gasteiger partial charge on any atom is -0.388 e. The Balaban J connectivity index is 1.73. The number of nitrogens with one attached hydrogen (secondary N) is 2. The molecule has 0 aromatic heterocycles. The van der Waals surface area contributed by atoms with E-state index in [9.17, 15) is 5.11 Å². The highest BCUT2D eigenvalue weighted by Gasteiger charge is 2.14. The molecule has 2 rings (SSSR count). The second-order valence-electron chi connectivity index (χ2n) is 6.97. The molecule has 0 bridgehead atoms. The first-order chi connectivity index (χ1) is 12.2. The smallest absolute Gasteiger partial charge is 0.191 e. The van der Waals surface area contributed by atoms with Crippen LogP contribution in [-0.4, -0.2) is 55.2 Å². The van der Waals surface area contributed by atoms with Crippen LogP contribution >= 0.6 is 0 Å². The van der Waals surface area contributed by atoms with Crippen molar-refractivity contribution in [2.75, 3.05) is 39.3 Å². The van der Waals surface area contributed by atoms with E-state index in [4.69, 9.17) is 4.99 Å². The second-order valence-corrected chi connectivity index (χ2v) is 6.97. The van der Waals surface area contributed by atoms with Gasteiger partial charge >= 0.3 is 0 Å². The number of nitrogens with zero attached hydrogens (tertiary/aromatic N) is 2. The Labute approximate surface area is 152 Å². The number of rotatable bonds is 9. The first-order valence-corrected chi connectivity index (χ1v) is 9.66. The van der Waals surface area contributed by atoms with Gasteiger partial charge in [-0.2, -0.15) is 0 Å². The Bertz CT molecular complexity index is 500. The molecule has 25 heavy (non-hydrogen) atoms. The van der Waals surface area contributed by atoms with Crippen molar-refractivity contribution in [1.29, 1.82) is 0 Å². The fourth-order valence-corrected chi connectivity index (χ4v) is 3.22. The highest BCUT2D eigenvalue weighted by Crippen LogP contribution is 2.14. The van der Waals surface area contributed by atoms with Gasteiger partial charge in [0.2, 0.25) is 0 Å². The van der Waals surface area contributed by atoms with Gasteiger partial charge in [0.25, 0.3) is 0 Å². The molecule has 2 atom stereocenters. The first-order valence-electron chi connectivity index (χ1n) is 9.66. The van der Waals surface area contributed by atoms with Gasteiger partial charge in [0.15, 0.2) is 5.96 Å². The van der Waals surface area contributed by atoms with Crippen molar-refractivity contribution in [3.05, 3.63) is 35.9 Å². The molecule has 1 heterocycles. The number of aliphatic hydroxyl groups is 1. The van der Waals surface area contributed by atoms with E-state index >= 15 is 0 Å². The summed E-state index contributed by atoms with van der Waals surface area (Å²) >= 11 is 0. The molecule has 140 valence electrons. The lowest BCUT2D eigenvalue weighted by molar-refractivity contribution is 0.168. The largest absolute Gasteiger partial charge is 0.388 e. The van der Waals surface area contributed by atoms with E-state index in [0.717, 1.165) is 31.2 Å². The predicted molar refractivity (Wildman–Crippen MR) is 105 cm³/mol. The predicted octanol–water partition coefficient (Wildman–Crippen LogP) is 2.40. The maximum atomic E-state index is 10.2. The van der Waals surface area contributed by atoms with Crippen LogP contribution in [0.2, 0.25) is 0 Å². The lowest BCUT2D eigenvalue weighted by Crippen LogP contribution is -2.38. The zero-order valence-electron chi connectivity index (χ0n) is 15.7. The highest BCUT2D eigenvalue weighted by molar-refractivity contribution is 5.79. The van der Waals surface area contributed by atoms with E-state index in [2.05, 4.69) is 29.4 Å². The summed E-state index contributed by atoms with van der Waals surface area (Å²) in [4.78, 5) is 7.25. The Morgan fingerprint density at radius 3 is 2.60 bits per heavy atom. The van der Waals surface area contributed by atoms with Crippen LogP contribution in [0.5, 0.6) is 0 Å². The van der Waals surface area contributed by atoms with Gasteiger partial charge in [-0.15, -0.1) is 0 Å². The maximum Gasteiger partial charge on any atom is 0.191 e. The van der Waals surface area contributed by atoms with Gasteiger partial charge in [0, 0.05) is 26.2 Å². The van der Waals surface area contributed by atoms with E-state index in [1.165, 1.54) is 25.9 Å². The third-order valence-electron chi connectivity index (χ3n) is 4.57. The van der Waals surface area contributed by atoms with E-state index in [1.54, 1.807) is 0 Å². The van der Waals surface area contributed by atoms with Gasteiger partial charge in [0.1, 0.15) is 0 Å². The first kappa shape index (κ1) is 19.7. The lowest BCUT2D eigenvalue weighted by atomic mass is 10.1. The van der Waals surface area contributed by atoms with Gasteiger partial charge in [0.05, 0.1) is 6.10 Å². The second kappa shape index (κ2) is 11.1. The minimum atomic E-state index is -0.439. The number of benzene rings is 1. The number of aliphatic imine (C=N–C) groups is 1. The Morgan fingerprint density at radius 2 is 1.92 bits per heavy atom. The molecular formula is C20H34N4O. The van der Waals surface area contributed by atoms with Crippen molar-refractivity contribution in [1.82, 2.24) is 15.5 Å². The summed E-state index contributed by atoms with van der Waals surface area (Å²) in [5.74, 6) is 1.40. The zero-order chi connectivity index (χ0) is 17.9. The summed E-state index contributed by atoms with van der Waals surface area (Å²) in [6.07, 6.45) is 2.90. The van der Waals surface area contributed by atoms with Crippen LogP contribution in [0.25, 0.3) is 0 Å². The summed E-state index contributed by atoms with van der Waals surface area (Å²) < 4.78 is 0. The Kier molecular flexibility index (Phi) is 8.77. The van der Waals surface area contributed by atoms with Crippen LogP contribution in [0.4, 0.5) is 0 Å². The van der Waals surface area contributed by atoms with Crippen molar-refractivity contribution in [3.63, 3.8) is 0 Å². The third kappa shape index (κ3) is 7.45. The molecule has 0 spiro atoms. The number of hydrogen-bond acceptors (Lipinski definition) is 3. The van der Waals surface area contributed by atoms with Crippen LogP contribution in [-0.2, 0) is 0 Å². The van der Waals surface area contributed by atoms with E-state index < -0.39 is 6.10 Å². The molecular weight excluding hydrogens is 312 g/mol. The zero-order valence-corrected chi connectivity index (χ0v) is 15.7. The van der Waals surface area contributed by atoms with E-state index in [0.29, 0.717) is 18.9 Å². The van der Waals surface area contributed by atoms with Crippen molar-refractivity contribution in [3.8, 4) is 0 Å². The summed E-state index contributed by atoms with van der Waals surface area (Å²) in [7, 11) is 0. The number of aliphatic hydroxyl groups excluding tert-OH is 1. The topological polar surface area (TPSA) is 59.9 Å². The molecule has 0 saturated carbocycles. The summed E-state index contributed by atoms with van der Waals surface area (Å²) in [5.41, 5.74) is 0.963. The van der Waals surface area contributed by atoms with Crippen LogP contribution in [0.3, 0.4) is 0 Å². The monoisotopic (exact) mass is 346 g/mol. The average Bonchev–Trinajstić information content (AvgIpc) is 3.13. The molecule has 5 nitrogen and oxygen atoms in total. The van der Waals surface area contributed by atoms with Gasteiger partial charge in [-0.3, -0.25) is 4.99 Å². The minimum absolute atomic E-state index is 0.439. The normalized spacial score (nSPS) is 18.1. The van der Waals surface area contributed by atoms with Crippen LogP contribution in [0, 0.1) is 5.92 Å². The van der Waals surface area contributed by atoms with Crippen molar-refractivity contribution in [2.24, 2.45) is 10.9 Å². The summed E-state index contributed by atoms with van der Waals surface area (Å²) in [5, 5.41) is 16.9. The van der Waals surface area contributed by atoms with Crippen molar-refractivity contribution in [2.45, 2.75) is 39.2 Å². The van der Waals surface area contributed by atoms with Gasteiger partial charge in [-0.25, -0.2) is 0 Å². The SMILES string of the molecule is CCNC(=NCC(C)CN1CCCC1)NCCC(O)c1ccccc1. The summed E-state index contributed by atoms with van der Waals surface area (Å²) in [6.45, 7) is 10.3. The van der Waals surface area contributed by atoms with Gasteiger partial charge in [-0.1, -0.05) is 37.3 Å². The number of likely N-dealkylation sites (tertiary alicyclic amines) is 1. The van der Waals surface area contributed by atoms with E-state index in [-0.39, 0.29) is 0 Å². The molecule has 5 heteroatoms. The quantitative estimate of drug-likeness (QED) is 0.475. The molecule has 1 aliphatic heterocycles. The van der Waals surface area contributed by atoms with Gasteiger partial charge in [-0.05, 0) is 50.8 Å². The number of guanidine groups is 1. The molecule has 0 amide bonds. The lowest BCUT2D eigenvalue weighted by Gasteiger charge is -2.19. The standard InChI is InChI=1S/C20H34N4O/c1-3-21-20(23-15-17(2)16-24-13-7-8-14-24)22-12-11-19(25)18-9-5-4-6-10-18/h4-6,9-10,17,19,25H,3,7-8,11-16H2,1-2H3,(H2,21,22,23). The Hall–Kier alpha value is -1.59. The molecule has 1 aromatic rings. The molecule has 2 unspecified atom stereocenters. The average molecular weight is 347 g/mol. The fourth-order valence-electron chi connectivity index (χ4n) is 3.22. The van der Waals surface area contributed by atoms with Crippen LogP contribution in [0.1, 0.15) is 44.8 Å². The molecule has 1 saturated heterocycles. The third-order valence-corrected chi connectivity index (χ3v) is 4.57. The Morgan fingerprint density at radius 1 is 1.20 bits per heavy atom. The molecule has 1 aliphatic rings. The van der Waals surface area contributed by atoms with E-state index in [1.807, 2.05) is 30.3 Å². The highest BCUT2D eigenvalue weighted by atomic mass is 16.3. The molecule has 1 fully saturated rings. The molecule has 0 radical (unpaired) electrons. The molecule has 0 aliphatic carbocycles. The molecule has 1 aromatic carbocycles. The number of hydrogen-bond donors (Lipinski definition) is 3. The maximum absolute atomic E-state index is 10.2. The van der Waals surface area contributed by atoms with Gasteiger partial charge < -0.3 is 20.6 Å². The fraction of sp³-hybridized carbons (Fsp3) is 0.650. The van der Waals surface area contributed by atoms with Crippen LogP contribution in [0.15, 0.2) is 35.3 Å². The van der Waals surface area contributed by atoms with Crippen LogP contribution < -0.4 is 10.6 Å². The van der Waals surface area contributed by atoms with Crippen molar-refractivity contribution >= 4 is 5.96 Å².